The number of Topliss-reactive ketones (excluding diaryl/α,β-unsaturated/α-hetero) is 1. The number of halogens is 1. The van der Waals surface area contributed by atoms with Gasteiger partial charge in [0.1, 0.15) is 11.6 Å². The zero-order valence-corrected chi connectivity index (χ0v) is 22.9. The molecule has 0 aliphatic rings. The Balaban J connectivity index is 1.73. The van der Waals surface area contributed by atoms with Crippen molar-refractivity contribution in [2.45, 2.75) is 65.4 Å². The van der Waals surface area contributed by atoms with Crippen LogP contribution < -0.4 is 10.5 Å². The summed E-state index contributed by atoms with van der Waals surface area (Å²) in [4.78, 5) is 17.9. The Bertz CT molecular complexity index is 1190. The van der Waals surface area contributed by atoms with E-state index in [-0.39, 0.29) is 36.2 Å². The lowest BCUT2D eigenvalue weighted by Gasteiger charge is -2.17. The van der Waals surface area contributed by atoms with Crippen LogP contribution in [0.5, 0.6) is 5.75 Å². The molecule has 0 saturated carbocycles. The number of aromatic nitrogens is 2. The van der Waals surface area contributed by atoms with Crippen molar-refractivity contribution in [3.8, 4) is 17.0 Å². The molecule has 0 unspecified atom stereocenters. The molecule has 1 aromatic heterocycles. The summed E-state index contributed by atoms with van der Waals surface area (Å²) < 4.78 is 7.74. The monoisotopic (exact) mass is 511 g/mol. The molecule has 0 fully saturated rings. The number of hydrogen-bond acceptors (Lipinski definition) is 5. The molecule has 3 rings (SSSR count). The van der Waals surface area contributed by atoms with Crippen molar-refractivity contribution in [2.75, 3.05) is 12.3 Å². The van der Waals surface area contributed by atoms with E-state index in [9.17, 15) is 9.90 Å². The summed E-state index contributed by atoms with van der Waals surface area (Å²) in [5, 5.41) is 9.98. The largest absolute Gasteiger partial charge is 0.489 e. The molecule has 0 amide bonds. The molecule has 1 heterocycles. The first-order valence-electron chi connectivity index (χ1n) is 12.4. The van der Waals surface area contributed by atoms with Gasteiger partial charge in [-0.2, -0.15) is 0 Å². The van der Waals surface area contributed by atoms with Crippen LogP contribution in [0.15, 0.2) is 42.6 Å². The number of carbonyl (C=O) groups is 1. The molecule has 0 aliphatic carbocycles. The lowest BCUT2D eigenvalue weighted by Crippen LogP contribution is -2.17. The van der Waals surface area contributed by atoms with Crippen LogP contribution >= 0.6 is 11.6 Å². The minimum Gasteiger partial charge on any atom is -0.489 e. The van der Waals surface area contributed by atoms with Crippen molar-refractivity contribution in [3.63, 3.8) is 0 Å². The second-order valence-electron chi connectivity index (χ2n) is 10.8. The lowest BCUT2D eigenvalue weighted by atomic mass is 9.89. The van der Waals surface area contributed by atoms with Crippen molar-refractivity contribution in [1.82, 2.24) is 9.55 Å². The van der Waals surface area contributed by atoms with E-state index in [1.165, 1.54) is 0 Å². The predicted octanol–water partition coefficient (Wildman–Crippen LogP) is 6.22. The maximum Gasteiger partial charge on any atom is 0.165 e. The fourth-order valence-electron chi connectivity index (χ4n) is 4.43. The Hall–Kier alpha value is -2.83. The van der Waals surface area contributed by atoms with Crippen LogP contribution in [0, 0.1) is 5.92 Å². The second kappa shape index (κ2) is 11.5. The van der Waals surface area contributed by atoms with Gasteiger partial charge in [0.05, 0.1) is 16.8 Å². The smallest absolute Gasteiger partial charge is 0.165 e. The highest BCUT2D eigenvalue weighted by Crippen LogP contribution is 2.32. The molecule has 194 valence electrons. The van der Waals surface area contributed by atoms with Crippen molar-refractivity contribution in [2.24, 2.45) is 13.0 Å². The highest BCUT2D eigenvalue weighted by Gasteiger charge is 2.22. The van der Waals surface area contributed by atoms with Gasteiger partial charge < -0.3 is 20.1 Å². The number of hydrogen-bond donors (Lipinski definition) is 2. The lowest BCUT2D eigenvalue weighted by molar-refractivity contribution is 0.0954. The maximum atomic E-state index is 13.1. The van der Waals surface area contributed by atoms with Crippen LogP contribution in [0.4, 0.5) is 5.69 Å². The van der Waals surface area contributed by atoms with Crippen molar-refractivity contribution in [3.05, 3.63) is 64.6 Å². The minimum atomic E-state index is -0.0937. The number of imidazole rings is 1. The van der Waals surface area contributed by atoms with E-state index in [2.05, 4.69) is 55.8 Å². The van der Waals surface area contributed by atoms with Crippen LogP contribution in [-0.4, -0.2) is 33.2 Å². The molecule has 0 radical (unpaired) electrons. The number of carbonyl (C=O) groups excluding carboxylic acids is 1. The van der Waals surface area contributed by atoms with Gasteiger partial charge in [-0.05, 0) is 44.2 Å². The normalized spacial score (nSPS) is 12.7. The molecule has 7 heteroatoms. The minimum absolute atomic E-state index is 0.0109. The number of ketones is 1. The van der Waals surface area contributed by atoms with Crippen LogP contribution in [0.25, 0.3) is 11.3 Å². The summed E-state index contributed by atoms with van der Waals surface area (Å²) in [5.41, 5.74) is 9.95. The van der Waals surface area contributed by atoms with Gasteiger partial charge >= 0.3 is 0 Å². The molecule has 0 spiro atoms. The molecule has 0 saturated heterocycles. The van der Waals surface area contributed by atoms with Gasteiger partial charge in [-0.25, -0.2) is 4.98 Å². The number of ether oxygens (including phenoxy) is 1. The number of aryl methyl sites for hydroxylation is 1. The van der Waals surface area contributed by atoms with Crippen molar-refractivity contribution in [1.29, 1.82) is 0 Å². The van der Waals surface area contributed by atoms with Crippen LogP contribution in [0.1, 0.15) is 69.2 Å². The highest BCUT2D eigenvalue weighted by molar-refractivity contribution is 6.32. The molecule has 0 aliphatic heterocycles. The average Bonchev–Trinajstić information content (AvgIpc) is 3.18. The molecule has 0 bridgehead atoms. The molecule has 3 N–H and O–H groups in total. The summed E-state index contributed by atoms with van der Waals surface area (Å²) in [5.74, 6) is 1.38. The van der Waals surface area contributed by atoms with Gasteiger partial charge in [0.15, 0.2) is 5.78 Å². The first-order chi connectivity index (χ1) is 16.9. The van der Waals surface area contributed by atoms with Gasteiger partial charge in [-0.15, -0.1) is 0 Å². The second-order valence-corrected chi connectivity index (χ2v) is 11.2. The Labute approximate surface area is 219 Å². The molecule has 3 aromatic rings. The molecular weight excluding hydrogens is 474 g/mol. The van der Waals surface area contributed by atoms with Gasteiger partial charge in [0.2, 0.25) is 0 Å². The summed E-state index contributed by atoms with van der Waals surface area (Å²) in [6.07, 6.45) is 3.45. The van der Waals surface area contributed by atoms with Gasteiger partial charge in [-0.1, -0.05) is 56.6 Å². The Morgan fingerprint density at radius 1 is 1.19 bits per heavy atom. The zero-order chi connectivity index (χ0) is 26.6. The van der Waals surface area contributed by atoms with Crippen molar-refractivity contribution < 1.29 is 14.6 Å². The fraction of sp³-hybridized carbons (Fsp3) is 0.448. The standard InChI is InChI=1S/C29H38ClN3O3/c1-18(2)36-27-16-24(31)22(15-23(27)30)26(35)14-20(11-12-34)13-19-7-9-21(10-8-19)25-17-33(6)28(32-25)29(3,4)5/h7-10,15-18,20,34H,11-14,31H2,1-6H3/t20-/m1/s1. The number of rotatable bonds is 10. The number of nitrogens with zero attached hydrogens (tertiary/aromatic N) is 2. The number of benzene rings is 2. The van der Waals surface area contributed by atoms with E-state index in [4.69, 9.17) is 27.1 Å². The summed E-state index contributed by atoms with van der Waals surface area (Å²) in [7, 11) is 2.02. The molecule has 6 nitrogen and oxygen atoms in total. The Morgan fingerprint density at radius 3 is 2.42 bits per heavy atom. The number of nitrogens with two attached hydrogens (primary N) is 1. The van der Waals surface area contributed by atoms with Gasteiger partial charge in [0, 0.05) is 54.6 Å². The van der Waals surface area contributed by atoms with E-state index in [1.54, 1.807) is 12.1 Å². The first kappa shape index (κ1) is 27.8. The zero-order valence-electron chi connectivity index (χ0n) is 22.1. The predicted molar refractivity (Wildman–Crippen MR) is 147 cm³/mol. The van der Waals surface area contributed by atoms with Crippen molar-refractivity contribution >= 4 is 23.1 Å². The Kier molecular flexibility index (Phi) is 8.85. The van der Waals surface area contributed by atoms with Gasteiger partial charge in [0.25, 0.3) is 0 Å². The van der Waals surface area contributed by atoms with Gasteiger partial charge in [-0.3, -0.25) is 4.79 Å². The van der Waals surface area contributed by atoms with Crippen LogP contribution in [0.3, 0.4) is 0 Å². The van der Waals surface area contributed by atoms with E-state index < -0.39 is 0 Å². The third-order valence-corrected chi connectivity index (χ3v) is 6.40. The van der Waals surface area contributed by atoms with E-state index >= 15 is 0 Å². The molecule has 36 heavy (non-hydrogen) atoms. The number of aliphatic hydroxyl groups excluding tert-OH is 1. The van der Waals surface area contributed by atoms with Crippen LogP contribution in [0.2, 0.25) is 5.02 Å². The quantitative estimate of drug-likeness (QED) is 0.249. The third kappa shape index (κ3) is 6.89. The molecule has 1 atom stereocenters. The number of anilines is 1. The van der Waals surface area contributed by atoms with Crippen LogP contribution in [-0.2, 0) is 18.9 Å². The highest BCUT2D eigenvalue weighted by atomic mass is 35.5. The Morgan fingerprint density at radius 2 is 1.86 bits per heavy atom. The SMILES string of the molecule is CC(C)Oc1cc(N)c(C(=O)C[C@H](CCO)Cc2ccc(-c3cn(C)c(C(C)(C)C)n3)cc2)cc1Cl. The molecular formula is C29H38ClN3O3. The maximum absolute atomic E-state index is 13.1. The van der Waals surface area contributed by atoms with E-state index in [0.29, 0.717) is 34.9 Å². The number of nitrogen functional groups attached to an aromatic ring is 1. The van der Waals surface area contributed by atoms with E-state index in [0.717, 1.165) is 22.6 Å². The summed E-state index contributed by atoms with van der Waals surface area (Å²) >= 11 is 6.34. The molecule has 2 aromatic carbocycles. The average molecular weight is 512 g/mol. The first-order valence-corrected chi connectivity index (χ1v) is 12.8. The fourth-order valence-corrected chi connectivity index (χ4v) is 4.64. The topological polar surface area (TPSA) is 90.4 Å². The van der Waals surface area contributed by atoms with E-state index in [1.807, 2.05) is 20.9 Å². The summed E-state index contributed by atoms with van der Waals surface area (Å²) in [6, 6.07) is 11.5. The third-order valence-electron chi connectivity index (χ3n) is 6.10. The number of aliphatic hydroxyl groups is 1. The summed E-state index contributed by atoms with van der Waals surface area (Å²) in [6.45, 7) is 10.3.